The average molecular weight is 397 g/mol. The first-order valence-corrected chi connectivity index (χ1v) is 11.0. The summed E-state index contributed by atoms with van der Waals surface area (Å²) < 4.78 is 6.22. The van der Waals surface area contributed by atoms with Gasteiger partial charge >= 0.3 is 0 Å². The van der Waals surface area contributed by atoms with Crippen molar-refractivity contribution in [2.45, 2.75) is 30.9 Å². The molecule has 5 aromatic rings. The van der Waals surface area contributed by atoms with E-state index in [0.717, 1.165) is 51.6 Å². The fraction of sp³-hybridized carbons (Fsp3) is 0.222. The van der Waals surface area contributed by atoms with Gasteiger partial charge in [0.05, 0.1) is 21.4 Å². The van der Waals surface area contributed by atoms with Crippen molar-refractivity contribution < 1.29 is 4.42 Å². The number of nitrogens with zero attached hydrogens (tertiary/aromatic N) is 1. The summed E-state index contributed by atoms with van der Waals surface area (Å²) in [6.07, 6.45) is 6.39. The van der Waals surface area contributed by atoms with Crippen LogP contribution in [0.4, 0.5) is 0 Å². The predicted octanol–water partition coefficient (Wildman–Crippen LogP) is 6.48. The van der Waals surface area contributed by atoms with E-state index in [1.807, 2.05) is 24.4 Å². The van der Waals surface area contributed by atoms with E-state index in [1.54, 1.807) is 0 Å². The Kier molecular flexibility index (Phi) is 4.24. The summed E-state index contributed by atoms with van der Waals surface area (Å²) in [4.78, 5) is 4.60. The molecule has 1 saturated carbocycles. The van der Waals surface area contributed by atoms with Crippen molar-refractivity contribution in [3.8, 4) is 11.3 Å². The molecule has 0 saturated heterocycles. The Morgan fingerprint density at radius 2 is 1.55 bits per heavy atom. The van der Waals surface area contributed by atoms with E-state index < -0.39 is 5.21 Å². The van der Waals surface area contributed by atoms with Crippen LogP contribution < -0.4 is 0 Å². The molecule has 0 bridgehead atoms. The fourth-order valence-electron chi connectivity index (χ4n) is 5.12. The minimum absolute atomic E-state index is 0.315. The normalized spacial score (nSPS) is 15.4. The highest BCUT2D eigenvalue weighted by Crippen LogP contribution is 2.39. The Morgan fingerprint density at radius 3 is 2.35 bits per heavy atom. The number of hydrogen-bond acceptors (Lipinski definition) is 2. The smallest absolute Gasteiger partial charge is 0.136 e. The van der Waals surface area contributed by atoms with Gasteiger partial charge in [0, 0.05) is 22.5 Å². The Bertz CT molecular complexity index is 1430. The molecule has 1 aliphatic carbocycles. The van der Waals surface area contributed by atoms with Gasteiger partial charge in [0.25, 0.3) is 0 Å². The Balaban J connectivity index is 1.44. The molecule has 2 nitrogen and oxygen atoms in total. The number of fused-ring (bicyclic) bond motifs is 4. The average Bonchev–Trinajstić information content (AvgIpc) is 3.46. The van der Waals surface area contributed by atoms with E-state index >= 15 is 0 Å². The molecule has 6 rings (SSSR count). The van der Waals surface area contributed by atoms with E-state index in [2.05, 4.69) is 53.5 Å². The molecule has 31 heavy (non-hydrogen) atoms. The van der Waals surface area contributed by atoms with Crippen molar-refractivity contribution in [3.63, 3.8) is 0 Å². The highest BCUT2D eigenvalue weighted by atomic mass is 16.3. The van der Waals surface area contributed by atoms with Crippen molar-refractivity contribution in [2.75, 3.05) is 0 Å². The molecule has 146 valence electrons. The number of hydrogen-bond donors (Lipinski definition) is 0. The van der Waals surface area contributed by atoms with Crippen LogP contribution in [0.25, 0.3) is 44.0 Å². The van der Waals surface area contributed by atoms with Crippen LogP contribution >= 0.6 is 0 Å². The van der Waals surface area contributed by atoms with Crippen LogP contribution in [0, 0.1) is 5.92 Å². The Morgan fingerprint density at radius 1 is 0.806 bits per heavy atom. The largest absolute Gasteiger partial charge is 0.456 e. The quantitative estimate of drug-likeness (QED) is 0.326. The lowest BCUT2D eigenvalue weighted by molar-refractivity contribution is 0.486. The highest BCUT2D eigenvalue weighted by molar-refractivity contribution is 6.40. The fourth-order valence-corrected chi connectivity index (χ4v) is 5.12. The van der Waals surface area contributed by atoms with E-state index in [-0.39, 0.29) is 0 Å². The zero-order chi connectivity index (χ0) is 21.0. The molecule has 1 aliphatic rings. The number of rotatable bonds is 3. The van der Waals surface area contributed by atoms with E-state index in [0.29, 0.717) is 5.92 Å². The lowest BCUT2D eigenvalue weighted by Crippen LogP contribution is -2.35. The van der Waals surface area contributed by atoms with Crippen LogP contribution in [0.3, 0.4) is 0 Å². The van der Waals surface area contributed by atoms with Gasteiger partial charge in [-0.05, 0) is 53.1 Å². The summed E-state index contributed by atoms with van der Waals surface area (Å²) in [5.74, 6) is 0.315. The maximum atomic E-state index is 6.61. The standard InChI is InChI=1S/C27H21B2NO/c28-27(29,20-7-3-4-8-20)21-11-12-30-24(16-21)19-9-10-22-23-13-17-5-1-2-6-18(17)14-26(23)31-25(22)15-19/h1-2,5-6,9-16,20H,3-4,7-8H2. The first-order chi connectivity index (χ1) is 15.1. The molecule has 4 radical (unpaired) electrons. The third-order valence-electron chi connectivity index (χ3n) is 6.93. The molecular weight excluding hydrogens is 376 g/mol. The van der Waals surface area contributed by atoms with E-state index in [9.17, 15) is 0 Å². The Hall–Kier alpha value is -3.00. The van der Waals surface area contributed by atoms with Crippen molar-refractivity contribution in [1.82, 2.24) is 4.98 Å². The van der Waals surface area contributed by atoms with Gasteiger partial charge in [0.2, 0.25) is 0 Å². The van der Waals surface area contributed by atoms with Gasteiger partial charge in [-0.2, -0.15) is 0 Å². The summed E-state index contributed by atoms with van der Waals surface area (Å²) in [7, 11) is 13.2. The van der Waals surface area contributed by atoms with Crippen LogP contribution in [0.1, 0.15) is 31.2 Å². The monoisotopic (exact) mass is 397 g/mol. The molecule has 2 heterocycles. The summed E-state index contributed by atoms with van der Waals surface area (Å²) >= 11 is 0. The third kappa shape index (κ3) is 3.08. The number of pyridine rings is 1. The van der Waals surface area contributed by atoms with Crippen molar-refractivity contribution in [3.05, 3.63) is 78.5 Å². The molecule has 3 aromatic carbocycles. The highest BCUT2D eigenvalue weighted by Gasteiger charge is 2.32. The Labute approximate surface area is 184 Å². The van der Waals surface area contributed by atoms with E-state index in [1.165, 1.54) is 23.6 Å². The van der Waals surface area contributed by atoms with Gasteiger partial charge in [-0.1, -0.05) is 66.8 Å². The van der Waals surface area contributed by atoms with Gasteiger partial charge in [-0.3, -0.25) is 4.98 Å². The first-order valence-electron chi connectivity index (χ1n) is 11.0. The van der Waals surface area contributed by atoms with Crippen molar-refractivity contribution in [1.29, 1.82) is 0 Å². The molecule has 0 amide bonds. The molecule has 0 aliphatic heterocycles. The number of aromatic nitrogens is 1. The topological polar surface area (TPSA) is 26.0 Å². The zero-order valence-electron chi connectivity index (χ0n) is 17.3. The van der Waals surface area contributed by atoms with Crippen LogP contribution in [-0.2, 0) is 5.21 Å². The van der Waals surface area contributed by atoms with Gasteiger partial charge < -0.3 is 4.42 Å². The predicted molar refractivity (Wildman–Crippen MR) is 130 cm³/mol. The summed E-state index contributed by atoms with van der Waals surface area (Å²) in [6, 6.07) is 22.9. The molecule has 0 atom stereocenters. The van der Waals surface area contributed by atoms with Gasteiger partial charge in [0.15, 0.2) is 0 Å². The number of furan rings is 1. The second-order valence-electron chi connectivity index (χ2n) is 8.85. The van der Waals surface area contributed by atoms with Crippen molar-refractivity contribution in [2.24, 2.45) is 5.92 Å². The second-order valence-corrected chi connectivity index (χ2v) is 8.85. The lowest BCUT2D eigenvalue weighted by Gasteiger charge is -2.33. The lowest BCUT2D eigenvalue weighted by atomic mass is 9.45. The van der Waals surface area contributed by atoms with E-state index in [4.69, 9.17) is 20.1 Å². The molecular formula is C27H21B2NO. The summed E-state index contributed by atoms with van der Waals surface area (Å²) in [5, 5.41) is 3.81. The second kappa shape index (κ2) is 7.02. The summed E-state index contributed by atoms with van der Waals surface area (Å²) in [5.41, 5.74) is 4.57. The molecule has 2 aromatic heterocycles. The van der Waals surface area contributed by atoms with Gasteiger partial charge in [-0.25, -0.2) is 0 Å². The maximum Gasteiger partial charge on any atom is 0.136 e. The van der Waals surface area contributed by atoms with Gasteiger partial charge in [-0.15, -0.1) is 0 Å². The maximum absolute atomic E-state index is 6.61. The van der Waals surface area contributed by atoms with Crippen LogP contribution in [0.2, 0.25) is 0 Å². The summed E-state index contributed by atoms with van der Waals surface area (Å²) in [6.45, 7) is 0. The third-order valence-corrected chi connectivity index (χ3v) is 6.93. The van der Waals surface area contributed by atoms with Crippen LogP contribution in [-0.4, -0.2) is 20.7 Å². The SMILES string of the molecule is [B]C([B])(c1ccnc(-c2ccc3c(c2)oc2cc4ccccc4cc23)c1)C1CCCC1. The van der Waals surface area contributed by atoms with Crippen LogP contribution in [0.5, 0.6) is 0 Å². The molecule has 4 heteroatoms. The molecule has 0 N–H and O–H groups in total. The van der Waals surface area contributed by atoms with Crippen molar-refractivity contribution >= 4 is 48.4 Å². The molecule has 0 spiro atoms. The minimum atomic E-state index is -0.822. The van der Waals surface area contributed by atoms with Gasteiger partial charge in [0.1, 0.15) is 11.2 Å². The molecule has 1 fully saturated rings. The number of benzene rings is 3. The first kappa shape index (κ1) is 18.7. The minimum Gasteiger partial charge on any atom is -0.456 e. The molecule has 0 unspecified atom stereocenters. The van der Waals surface area contributed by atoms with Crippen LogP contribution in [0.15, 0.2) is 77.3 Å². The zero-order valence-corrected chi connectivity index (χ0v) is 17.3.